The Kier molecular flexibility index (Phi) is 4.02. The van der Waals surface area contributed by atoms with Crippen LogP contribution < -0.4 is 5.01 Å². The number of hydrogen-bond acceptors (Lipinski definition) is 2. The van der Waals surface area contributed by atoms with Crippen LogP contribution in [0.4, 0.5) is 5.82 Å². The van der Waals surface area contributed by atoms with Crippen LogP contribution in [0.3, 0.4) is 0 Å². The molecule has 0 bridgehead atoms. The molecule has 1 heterocycles. The molecule has 4 nitrogen and oxygen atoms in total. The molecule has 0 unspecified atom stereocenters. The van der Waals surface area contributed by atoms with Crippen LogP contribution in [-0.4, -0.2) is 11.5 Å². The lowest BCUT2D eigenvalue weighted by molar-refractivity contribution is 0.683. The number of nitroso groups, excluding NO2 is 1. The molecule has 0 amide bonds. The zero-order valence-electron chi connectivity index (χ0n) is 7.86. The van der Waals surface area contributed by atoms with Crippen molar-refractivity contribution in [2.75, 3.05) is 11.6 Å². The van der Waals surface area contributed by atoms with Gasteiger partial charge in [-0.1, -0.05) is 19.8 Å². The standard InChI is InChI=1S/C9H15N3O/c1-2-3-4-8-12(11-13)9-6-5-7-10-9/h5-7,10H,2-4,8H2,1H3. The second-order valence-corrected chi connectivity index (χ2v) is 2.97. The van der Waals surface area contributed by atoms with Crippen molar-refractivity contribution in [3.05, 3.63) is 23.2 Å². The lowest BCUT2D eigenvalue weighted by atomic mass is 10.2. The Hall–Kier alpha value is -1.32. The minimum absolute atomic E-state index is 0.692. The maximum atomic E-state index is 10.5. The van der Waals surface area contributed by atoms with E-state index >= 15 is 0 Å². The third-order valence-electron chi connectivity index (χ3n) is 1.93. The van der Waals surface area contributed by atoms with Crippen LogP contribution in [0.5, 0.6) is 0 Å². The number of unbranched alkanes of at least 4 members (excludes halogenated alkanes) is 2. The SMILES string of the molecule is CCCCCN(N=O)c1ccc[nH]1. The van der Waals surface area contributed by atoms with E-state index in [4.69, 9.17) is 0 Å². The van der Waals surface area contributed by atoms with Crippen LogP contribution >= 0.6 is 0 Å². The summed E-state index contributed by atoms with van der Waals surface area (Å²) >= 11 is 0. The Morgan fingerprint density at radius 3 is 2.92 bits per heavy atom. The smallest absolute Gasteiger partial charge is 0.129 e. The molecule has 72 valence electrons. The number of anilines is 1. The van der Waals surface area contributed by atoms with Gasteiger partial charge >= 0.3 is 0 Å². The molecule has 1 rings (SSSR count). The average molecular weight is 181 g/mol. The molecule has 4 heteroatoms. The van der Waals surface area contributed by atoms with E-state index in [9.17, 15) is 4.91 Å². The number of nitrogens with one attached hydrogen (secondary N) is 1. The maximum absolute atomic E-state index is 10.5. The van der Waals surface area contributed by atoms with Crippen molar-refractivity contribution in [1.82, 2.24) is 4.98 Å². The van der Waals surface area contributed by atoms with Gasteiger partial charge in [0.2, 0.25) is 0 Å². The number of aromatic nitrogens is 1. The topological polar surface area (TPSA) is 48.5 Å². The van der Waals surface area contributed by atoms with Crippen LogP contribution in [-0.2, 0) is 0 Å². The van der Waals surface area contributed by atoms with Crippen molar-refractivity contribution in [1.29, 1.82) is 0 Å². The van der Waals surface area contributed by atoms with Gasteiger partial charge in [-0.05, 0) is 18.6 Å². The van der Waals surface area contributed by atoms with Gasteiger partial charge in [-0.2, -0.15) is 0 Å². The number of hydrogen-bond donors (Lipinski definition) is 1. The summed E-state index contributed by atoms with van der Waals surface area (Å²) in [6.45, 7) is 2.82. The lowest BCUT2D eigenvalue weighted by Gasteiger charge is -2.11. The zero-order chi connectivity index (χ0) is 9.52. The molecule has 0 saturated carbocycles. The first-order valence-corrected chi connectivity index (χ1v) is 4.62. The number of nitrogens with zero attached hydrogens (tertiary/aromatic N) is 2. The van der Waals surface area contributed by atoms with E-state index in [1.807, 2.05) is 12.1 Å². The largest absolute Gasteiger partial charge is 0.347 e. The highest BCUT2D eigenvalue weighted by atomic mass is 16.3. The molecule has 1 aromatic heterocycles. The minimum atomic E-state index is 0.692. The molecular weight excluding hydrogens is 166 g/mol. The van der Waals surface area contributed by atoms with E-state index in [-0.39, 0.29) is 0 Å². The van der Waals surface area contributed by atoms with Gasteiger partial charge in [0, 0.05) is 12.7 Å². The van der Waals surface area contributed by atoms with Crippen molar-refractivity contribution in [3.63, 3.8) is 0 Å². The van der Waals surface area contributed by atoms with Crippen LogP contribution in [0, 0.1) is 4.91 Å². The molecule has 0 aliphatic carbocycles. The molecule has 0 saturated heterocycles. The van der Waals surface area contributed by atoms with Gasteiger partial charge in [0.1, 0.15) is 5.82 Å². The molecule has 0 radical (unpaired) electrons. The maximum Gasteiger partial charge on any atom is 0.129 e. The highest BCUT2D eigenvalue weighted by molar-refractivity contribution is 5.36. The second kappa shape index (κ2) is 5.35. The Labute approximate surface area is 77.9 Å². The van der Waals surface area contributed by atoms with E-state index in [0.717, 1.165) is 25.1 Å². The number of H-pyrrole nitrogens is 1. The van der Waals surface area contributed by atoms with E-state index < -0.39 is 0 Å². The van der Waals surface area contributed by atoms with Gasteiger partial charge in [-0.3, -0.25) is 0 Å². The summed E-state index contributed by atoms with van der Waals surface area (Å²) in [7, 11) is 0. The fourth-order valence-corrected chi connectivity index (χ4v) is 1.20. The Bertz CT molecular complexity index is 233. The van der Waals surface area contributed by atoms with Crippen molar-refractivity contribution in [2.24, 2.45) is 5.29 Å². The molecule has 13 heavy (non-hydrogen) atoms. The van der Waals surface area contributed by atoms with Crippen LogP contribution in [0.15, 0.2) is 23.6 Å². The normalized spacial score (nSPS) is 9.92. The average Bonchev–Trinajstić information content (AvgIpc) is 2.65. The highest BCUT2D eigenvalue weighted by Gasteiger charge is 2.05. The minimum Gasteiger partial charge on any atom is -0.347 e. The quantitative estimate of drug-likeness (QED) is 0.416. The fourth-order valence-electron chi connectivity index (χ4n) is 1.20. The molecule has 1 aromatic rings. The number of rotatable bonds is 6. The van der Waals surface area contributed by atoms with Crippen LogP contribution in [0.25, 0.3) is 0 Å². The molecule has 0 spiro atoms. The summed E-state index contributed by atoms with van der Waals surface area (Å²) in [6.07, 6.45) is 5.07. The summed E-state index contributed by atoms with van der Waals surface area (Å²) in [4.78, 5) is 13.4. The van der Waals surface area contributed by atoms with E-state index in [1.165, 1.54) is 5.01 Å². The predicted molar refractivity (Wildman–Crippen MR) is 53.5 cm³/mol. The molecule has 0 aliphatic heterocycles. The summed E-state index contributed by atoms with van der Waals surface area (Å²) in [6, 6.07) is 3.70. The first kappa shape index (κ1) is 9.77. The monoisotopic (exact) mass is 181 g/mol. The molecule has 0 atom stereocenters. The van der Waals surface area contributed by atoms with E-state index in [1.54, 1.807) is 6.20 Å². The molecule has 1 N–H and O–H groups in total. The van der Waals surface area contributed by atoms with Crippen molar-refractivity contribution in [3.8, 4) is 0 Å². The van der Waals surface area contributed by atoms with Crippen molar-refractivity contribution >= 4 is 5.82 Å². The Morgan fingerprint density at radius 2 is 2.38 bits per heavy atom. The molecule has 0 aromatic carbocycles. The van der Waals surface area contributed by atoms with Crippen LogP contribution in [0.1, 0.15) is 26.2 Å². The van der Waals surface area contributed by atoms with Gasteiger partial charge in [-0.25, -0.2) is 5.01 Å². The van der Waals surface area contributed by atoms with E-state index in [2.05, 4.69) is 17.2 Å². The highest BCUT2D eigenvalue weighted by Crippen LogP contribution is 2.11. The first-order chi connectivity index (χ1) is 6.38. The van der Waals surface area contributed by atoms with Crippen LogP contribution in [0.2, 0.25) is 0 Å². The summed E-state index contributed by atoms with van der Waals surface area (Å²) in [5.74, 6) is 0.770. The second-order valence-electron chi connectivity index (χ2n) is 2.97. The predicted octanol–water partition coefficient (Wildman–Crippen LogP) is 2.69. The third kappa shape index (κ3) is 2.89. The van der Waals surface area contributed by atoms with Gasteiger partial charge in [0.15, 0.2) is 0 Å². The number of aromatic amines is 1. The summed E-state index contributed by atoms with van der Waals surface area (Å²) in [5, 5.41) is 4.41. The summed E-state index contributed by atoms with van der Waals surface area (Å²) < 4.78 is 0. The zero-order valence-corrected chi connectivity index (χ0v) is 7.86. The molecule has 0 fully saturated rings. The third-order valence-corrected chi connectivity index (χ3v) is 1.93. The van der Waals surface area contributed by atoms with Gasteiger partial charge in [0.25, 0.3) is 0 Å². The first-order valence-electron chi connectivity index (χ1n) is 4.62. The van der Waals surface area contributed by atoms with Gasteiger partial charge in [0.05, 0.1) is 5.29 Å². The Balaban J connectivity index is 2.40. The van der Waals surface area contributed by atoms with Crippen molar-refractivity contribution < 1.29 is 0 Å². The van der Waals surface area contributed by atoms with E-state index in [0.29, 0.717) is 6.54 Å². The molecule has 0 aliphatic rings. The Morgan fingerprint density at radius 1 is 1.54 bits per heavy atom. The van der Waals surface area contributed by atoms with Gasteiger partial charge < -0.3 is 4.98 Å². The summed E-state index contributed by atoms with van der Waals surface area (Å²) in [5.41, 5.74) is 0. The van der Waals surface area contributed by atoms with Crippen molar-refractivity contribution in [2.45, 2.75) is 26.2 Å². The van der Waals surface area contributed by atoms with Gasteiger partial charge in [-0.15, -0.1) is 4.91 Å². The molecular formula is C9H15N3O. The fraction of sp³-hybridized carbons (Fsp3) is 0.556. The lowest BCUT2D eigenvalue weighted by Crippen LogP contribution is -2.16.